The van der Waals surface area contributed by atoms with E-state index in [2.05, 4.69) is 0 Å². The van der Waals surface area contributed by atoms with Gasteiger partial charge in [0.2, 0.25) is 11.8 Å². The first kappa shape index (κ1) is 12.9. The van der Waals surface area contributed by atoms with E-state index in [9.17, 15) is 14.4 Å². The Hall–Kier alpha value is -1.79. The molecule has 0 saturated carbocycles. The molecule has 2 aromatic rings. The third-order valence-corrected chi connectivity index (χ3v) is 6.39. The van der Waals surface area contributed by atoms with Gasteiger partial charge in [-0.25, -0.2) is 0 Å². The number of amides is 2. The summed E-state index contributed by atoms with van der Waals surface area (Å²) < 4.78 is 0.0554. The Balaban J connectivity index is 1.73. The van der Waals surface area contributed by atoms with Crippen LogP contribution in [-0.4, -0.2) is 11.8 Å². The molecule has 4 rings (SSSR count). The number of rotatable bonds is 1. The second kappa shape index (κ2) is 4.61. The van der Waals surface area contributed by atoms with E-state index in [4.69, 9.17) is 0 Å². The topological polar surface area (TPSA) is 54.5 Å². The monoisotopic (exact) mass is 317 g/mol. The van der Waals surface area contributed by atoms with Crippen LogP contribution in [0.1, 0.15) is 9.75 Å². The van der Waals surface area contributed by atoms with Crippen molar-refractivity contribution in [3.63, 3.8) is 0 Å². The summed E-state index contributed by atoms with van der Waals surface area (Å²) in [6.45, 7) is 0. The highest BCUT2D eigenvalue weighted by molar-refractivity contribution is 7.27. The average Bonchev–Trinajstić information content (AvgIpc) is 2.96. The zero-order valence-electron chi connectivity index (χ0n) is 10.9. The predicted molar refractivity (Wildman–Crippen MR) is 81.8 cm³/mol. The van der Waals surface area contributed by atoms with Gasteiger partial charge in [0.25, 0.3) is 4.06 Å². The fourth-order valence-electron chi connectivity index (χ4n) is 3.12. The molecule has 2 aliphatic rings. The van der Waals surface area contributed by atoms with Gasteiger partial charge in [0, 0.05) is 9.75 Å². The van der Waals surface area contributed by atoms with E-state index in [0.29, 0.717) is 18.5 Å². The molecular weight excluding hydrogens is 306 g/mol. The van der Waals surface area contributed by atoms with Crippen LogP contribution in [0.5, 0.6) is 0 Å². The van der Waals surface area contributed by atoms with Crippen LogP contribution in [0, 0.1) is 11.8 Å². The molecule has 0 bridgehead atoms. The summed E-state index contributed by atoms with van der Waals surface area (Å²) in [7, 11) is 0. The highest BCUT2D eigenvalue weighted by Crippen LogP contribution is 2.41. The van der Waals surface area contributed by atoms with Crippen LogP contribution in [0.2, 0.25) is 0 Å². The number of hydrogen-bond donors (Lipinski definition) is 0. The summed E-state index contributed by atoms with van der Waals surface area (Å²) in [5.41, 5.74) is 0.637. The number of carbonyl (C=O) groups excluding carboxylic acids is 2. The van der Waals surface area contributed by atoms with Gasteiger partial charge in [-0.3, -0.25) is 19.3 Å². The van der Waals surface area contributed by atoms with Gasteiger partial charge in [0.15, 0.2) is 0 Å². The quantitative estimate of drug-likeness (QED) is 0.757. The van der Waals surface area contributed by atoms with Crippen molar-refractivity contribution < 1.29 is 9.59 Å². The summed E-state index contributed by atoms with van der Waals surface area (Å²) in [5, 5.41) is 0. The molecule has 1 fully saturated rings. The minimum atomic E-state index is -0.310. The van der Waals surface area contributed by atoms with Gasteiger partial charge in [-0.1, -0.05) is 40.9 Å². The number of nitrogens with zero attached hydrogens (tertiary/aromatic N) is 1. The average molecular weight is 317 g/mol. The number of carbonyl (C=O) groups is 2. The van der Waals surface area contributed by atoms with Crippen LogP contribution in [0.25, 0.3) is 0 Å². The zero-order chi connectivity index (χ0) is 14.6. The maximum atomic E-state index is 12.6. The number of hydrogen-bond acceptors (Lipinski definition) is 5. The number of benzene rings is 1. The second-order valence-electron chi connectivity index (χ2n) is 5.27. The number of para-hydroxylation sites is 1. The van der Waals surface area contributed by atoms with Crippen molar-refractivity contribution in [2.75, 3.05) is 4.90 Å². The molecule has 2 unspecified atom stereocenters. The normalized spacial score (nSPS) is 24.1. The summed E-state index contributed by atoms with van der Waals surface area (Å²) in [4.78, 5) is 40.0. The van der Waals surface area contributed by atoms with Crippen molar-refractivity contribution in [2.24, 2.45) is 11.8 Å². The van der Waals surface area contributed by atoms with Crippen molar-refractivity contribution in [1.29, 1.82) is 0 Å². The minimum absolute atomic E-state index is 0.0554. The van der Waals surface area contributed by atoms with Crippen LogP contribution < -0.4 is 8.96 Å². The molecule has 6 heteroatoms. The van der Waals surface area contributed by atoms with Gasteiger partial charge in [-0.15, -0.1) is 0 Å². The Kier molecular flexibility index (Phi) is 2.83. The van der Waals surface area contributed by atoms with E-state index >= 15 is 0 Å². The molecule has 1 saturated heterocycles. The summed E-state index contributed by atoms with van der Waals surface area (Å²) >= 11 is 2.44. The molecule has 1 aromatic carbocycles. The lowest BCUT2D eigenvalue weighted by Crippen LogP contribution is -2.30. The van der Waals surface area contributed by atoms with Crippen molar-refractivity contribution in [1.82, 2.24) is 0 Å². The predicted octanol–water partition coefficient (Wildman–Crippen LogP) is 2.07. The van der Waals surface area contributed by atoms with Crippen molar-refractivity contribution in [3.8, 4) is 0 Å². The maximum Gasteiger partial charge on any atom is 0.287 e. The smallest absolute Gasteiger partial charge is 0.274 e. The fourth-order valence-corrected chi connectivity index (χ4v) is 5.46. The molecular formula is C15H11NO3S2. The lowest BCUT2D eigenvalue weighted by atomic mass is 9.83. The second-order valence-corrected chi connectivity index (χ2v) is 7.66. The van der Waals surface area contributed by atoms with E-state index in [0.717, 1.165) is 9.75 Å². The number of anilines is 1. The Morgan fingerprint density at radius 2 is 1.38 bits per heavy atom. The van der Waals surface area contributed by atoms with E-state index in [1.165, 1.54) is 27.6 Å². The van der Waals surface area contributed by atoms with Crippen molar-refractivity contribution in [3.05, 3.63) is 48.9 Å². The lowest BCUT2D eigenvalue weighted by molar-refractivity contribution is -0.122. The molecule has 4 nitrogen and oxygen atoms in total. The largest absolute Gasteiger partial charge is 0.287 e. The number of fused-ring (bicyclic) bond motifs is 2. The Morgan fingerprint density at radius 1 is 0.857 bits per heavy atom. The molecule has 0 N–H and O–H groups in total. The van der Waals surface area contributed by atoms with Crippen LogP contribution in [0.15, 0.2) is 35.1 Å². The first-order valence-corrected chi connectivity index (χ1v) is 8.33. The van der Waals surface area contributed by atoms with E-state index in [1.54, 1.807) is 12.1 Å². The third-order valence-electron chi connectivity index (χ3n) is 4.11. The molecule has 1 aliphatic heterocycles. The molecule has 2 amide bonds. The molecule has 2 atom stereocenters. The minimum Gasteiger partial charge on any atom is -0.274 e. The van der Waals surface area contributed by atoms with E-state index in [-0.39, 0.29) is 27.7 Å². The molecule has 1 aliphatic carbocycles. The Bertz CT molecular complexity index is 748. The van der Waals surface area contributed by atoms with E-state index in [1.807, 2.05) is 18.2 Å². The Labute approximate surface area is 128 Å². The highest BCUT2D eigenvalue weighted by Gasteiger charge is 2.50. The molecule has 2 heterocycles. The molecule has 1 aromatic heterocycles. The SMILES string of the molecule is O=C1C2Cc3sc(=O)sc3CC2C(=O)N1c1ccccc1. The Morgan fingerprint density at radius 3 is 1.90 bits per heavy atom. The van der Waals surface area contributed by atoms with Gasteiger partial charge in [-0.05, 0) is 25.0 Å². The van der Waals surface area contributed by atoms with Gasteiger partial charge in [0.1, 0.15) is 0 Å². The molecule has 0 spiro atoms. The highest BCUT2D eigenvalue weighted by atomic mass is 32.2. The van der Waals surface area contributed by atoms with Gasteiger partial charge >= 0.3 is 0 Å². The van der Waals surface area contributed by atoms with Gasteiger partial charge in [0.05, 0.1) is 17.5 Å². The zero-order valence-corrected chi connectivity index (χ0v) is 12.6. The maximum absolute atomic E-state index is 12.6. The third kappa shape index (κ3) is 1.90. The number of imide groups is 1. The van der Waals surface area contributed by atoms with E-state index < -0.39 is 0 Å². The standard InChI is InChI=1S/C15H11NO3S2/c17-13-9-6-11-12(21-15(19)20-11)7-10(9)14(18)16(13)8-4-2-1-3-5-8/h1-5,9-10H,6-7H2. The molecule has 0 radical (unpaired) electrons. The fraction of sp³-hybridized carbons (Fsp3) is 0.267. The van der Waals surface area contributed by atoms with Gasteiger partial charge < -0.3 is 0 Å². The van der Waals surface area contributed by atoms with Crippen molar-refractivity contribution >= 4 is 40.2 Å². The van der Waals surface area contributed by atoms with Gasteiger partial charge in [-0.2, -0.15) is 0 Å². The first-order valence-electron chi connectivity index (χ1n) is 6.69. The van der Waals surface area contributed by atoms with Crippen LogP contribution >= 0.6 is 22.7 Å². The first-order chi connectivity index (χ1) is 10.1. The van der Waals surface area contributed by atoms with Crippen LogP contribution in [-0.2, 0) is 22.4 Å². The van der Waals surface area contributed by atoms with Crippen molar-refractivity contribution in [2.45, 2.75) is 12.8 Å². The lowest BCUT2D eigenvalue weighted by Gasteiger charge is -2.19. The summed E-state index contributed by atoms with van der Waals surface area (Å²) in [6, 6.07) is 9.06. The summed E-state index contributed by atoms with van der Waals surface area (Å²) in [5.74, 6) is -0.883. The molecule has 21 heavy (non-hydrogen) atoms. The summed E-state index contributed by atoms with van der Waals surface area (Å²) in [6.07, 6.45) is 1.05. The van der Waals surface area contributed by atoms with Crippen LogP contribution in [0.4, 0.5) is 5.69 Å². The van der Waals surface area contributed by atoms with Crippen LogP contribution in [0.3, 0.4) is 0 Å². The molecule has 106 valence electrons.